The summed E-state index contributed by atoms with van der Waals surface area (Å²) in [7, 11) is -2.07. The zero-order valence-electron chi connectivity index (χ0n) is 18.2. The molecule has 0 radical (unpaired) electrons. The highest BCUT2D eigenvalue weighted by Crippen LogP contribution is 2.45. The number of anilines is 1. The molecule has 0 unspecified atom stereocenters. The van der Waals surface area contributed by atoms with Gasteiger partial charge in [0, 0.05) is 5.69 Å². The highest BCUT2D eigenvalue weighted by Gasteiger charge is 2.56. The van der Waals surface area contributed by atoms with Crippen molar-refractivity contribution < 1.29 is 19.0 Å². The van der Waals surface area contributed by atoms with Crippen LogP contribution in [0.3, 0.4) is 0 Å². The van der Waals surface area contributed by atoms with E-state index in [0.717, 1.165) is 5.56 Å². The van der Waals surface area contributed by atoms with Crippen LogP contribution >= 0.6 is 0 Å². The number of hydrogen-bond donors (Lipinski definition) is 3. The van der Waals surface area contributed by atoms with Gasteiger partial charge in [-0.25, -0.2) is 0 Å². The number of rotatable bonds is 4. The van der Waals surface area contributed by atoms with Crippen LogP contribution in [0.5, 0.6) is 0 Å². The predicted octanol–water partition coefficient (Wildman–Crippen LogP) is 3.18. The Morgan fingerprint density at radius 2 is 1.86 bits per heavy atom. The molecule has 6 nitrogen and oxygen atoms in total. The lowest BCUT2D eigenvalue weighted by Gasteiger charge is -2.48. The Morgan fingerprint density at radius 3 is 2.43 bits per heavy atom. The zero-order valence-corrected chi connectivity index (χ0v) is 19.2. The van der Waals surface area contributed by atoms with E-state index in [4.69, 9.17) is 19.6 Å². The molecule has 5 atom stereocenters. The second kappa shape index (κ2) is 7.38. The number of ether oxygens (including phenoxy) is 2. The number of fused-ring (bicyclic) bond motifs is 1. The first-order valence-corrected chi connectivity index (χ1v) is 13.0. The molecule has 0 bridgehead atoms. The summed E-state index contributed by atoms with van der Waals surface area (Å²) in [5, 5.41) is 13.8. The molecule has 4 N–H and O–H groups in total. The van der Waals surface area contributed by atoms with Gasteiger partial charge in [-0.2, -0.15) is 0 Å². The van der Waals surface area contributed by atoms with Crippen molar-refractivity contribution in [1.82, 2.24) is 5.32 Å². The van der Waals surface area contributed by atoms with Crippen molar-refractivity contribution in [3.63, 3.8) is 0 Å². The van der Waals surface area contributed by atoms with Crippen LogP contribution in [0.25, 0.3) is 0 Å². The molecule has 0 aliphatic carbocycles. The molecule has 158 valence electrons. The molecule has 3 rings (SSSR count). The fourth-order valence-electron chi connectivity index (χ4n) is 3.84. The Kier molecular flexibility index (Phi) is 5.73. The van der Waals surface area contributed by atoms with Crippen molar-refractivity contribution in [1.29, 1.82) is 0 Å². The molecular formula is C21H36N2O4Si. The van der Waals surface area contributed by atoms with Gasteiger partial charge in [-0.1, -0.05) is 32.9 Å². The van der Waals surface area contributed by atoms with Crippen LogP contribution in [0.4, 0.5) is 5.69 Å². The van der Waals surface area contributed by atoms with Gasteiger partial charge in [0.25, 0.3) is 0 Å². The molecule has 2 aliphatic rings. The zero-order chi connectivity index (χ0) is 20.9. The SMILES string of the molecule is CC1(C)O[C@H]2[C@H](O[Si](C)(C)C(C)(C)C)[C@@H](CO)N[C@@H](c3cccc(N)c3)[C@H]2O1. The third-order valence-corrected chi connectivity index (χ3v) is 10.8. The van der Waals surface area contributed by atoms with Gasteiger partial charge >= 0.3 is 0 Å². The lowest BCUT2D eigenvalue weighted by Crippen LogP contribution is -2.64. The standard InChI is InChI=1S/C21H36N2O4Si/c1-20(2,3)28(6,7)27-17-15(12-24)23-16(13-9-8-10-14(22)11-13)18-19(17)26-21(4,5)25-18/h8-11,15-19,23-24H,12,22H2,1-7H3/t15-,16+,17-,18-,19+/m1/s1. The van der Waals surface area contributed by atoms with Crippen molar-refractivity contribution in [3.05, 3.63) is 29.8 Å². The van der Waals surface area contributed by atoms with Gasteiger partial charge in [0.1, 0.15) is 12.2 Å². The Morgan fingerprint density at radius 1 is 1.21 bits per heavy atom. The van der Waals surface area contributed by atoms with Gasteiger partial charge in [0.05, 0.1) is 24.8 Å². The van der Waals surface area contributed by atoms with E-state index >= 15 is 0 Å². The van der Waals surface area contributed by atoms with E-state index in [1.807, 2.05) is 38.1 Å². The summed E-state index contributed by atoms with van der Waals surface area (Å²) >= 11 is 0. The molecular weight excluding hydrogens is 372 g/mol. The minimum absolute atomic E-state index is 0.0366. The lowest BCUT2D eigenvalue weighted by atomic mass is 9.87. The molecule has 2 saturated heterocycles. The summed E-state index contributed by atoms with van der Waals surface area (Å²) in [4.78, 5) is 0. The predicted molar refractivity (Wildman–Crippen MR) is 113 cm³/mol. The van der Waals surface area contributed by atoms with Crippen molar-refractivity contribution >= 4 is 14.0 Å². The van der Waals surface area contributed by atoms with Crippen molar-refractivity contribution in [2.75, 3.05) is 12.3 Å². The van der Waals surface area contributed by atoms with Crippen LogP contribution in [-0.4, -0.2) is 50.2 Å². The first-order valence-electron chi connectivity index (χ1n) is 10.1. The summed E-state index contributed by atoms with van der Waals surface area (Å²) < 4.78 is 19.4. The second-order valence-corrected chi connectivity index (χ2v) is 14.8. The normalized spacial score (nSPS) is 32.9. The number of hydrogen-bond acceptors (Lipinski definition) is 6. The smallest absolute Gasteiger partial charge is 0.192 e. The van der Waals surface area contributed by atoms with E-state index in [0.29, 0.717) is 5.69 Å². The molecule has 2 fully saturated rings. The largest absolute Gasteiger partial charge is 0.409 e. The topological polar surface area (TPSA) is 86.0 Å². The van der Waals surface area contributed by atoms with Gasteiger partial charge in [0.15, 0.2) is 14.1 Å². The molecule has 0 aromatic heterocycles. The number of benzene rings is 1. The fourth-order valence-corrected chi connectivity index (χ4v) is 5.17. The van der Waals surface area contributed by atoms with Gasteiger partial charge in [0.2, 0.25) is 0 Å². The molecule has 1 aromatic carbocycles. The highest BCUT2D eigenvalue weighted by molar-refractivity contribution is 6.74. The molecule has 28 heavy (non-hydrogen) atoms. The summed E-state index contributed by atoms with van der Waals surface area (Å²) in [5.41, 5.74) is 7.74. The average molecular weight is 409 g/mol. The van der Waals surface area contributed by atoms with Gasteiger partial charge < -0.3 is 30.1 Å². The number of aliphatic hydroxyl groups is 1. The van der Waals surface area contributed by atoms with Crippen molar-refractivity contribution in [3.8, 4) is 0 Å². The van der Waals surface area contributed by atoms with Gasteiger partial charge in [-0.15, -0.1) is 0 Å². The van der Waals surface area contributed by atoms with E-state index < -0.39 is 14.1 Å². The monoisotopic (exact) mass is 408 g/mol. The van der Waals surface area contributed by atoms with E-state index in [-0.39, 0.29) is 42.0 Å². The summed E-state index contributed by atoms with van der Waals surface area (Å²) in [5.74, 6) is -0.713. The Hall–Kier alpha value is -0.963. The first kappa shape index (κ1) is 21.7. The van der Waals surface area contributed by atoms with Crippen LogP contribution in [0, 0.1) is 0 Å². The van der Waals surface area contributed by atoms with Crippen molar-refractivity contribution in [2.45, 2.75) is 88.9 Å². The summed E-state index contributed by atoms with van der Waals surface area (Å²) in [6.07, 6.45) is -0.779. The molecule has 0 spiro atoms. The van der Waals surface area contributed by atoms with Crippen LogP contribution in [0.15, 0.2) is 24.3 Å². The van der Waals surface area contributed by atoms with Crippen LogP contribution in [0.2, 0.25) is 18.1 Å². The van der Waals surface area contributed by atoms with E-state index in [1.165, 1.54) is 0 Å². The Labute approximate surface area is 169 Å². The summed E-state index contributed by atoms with van der Waals surface area (Å²) in [6.45, 7) is 14.9. The van der Waals surface area contributed by atoms with E-state index in [2.05, 4.69) is 39.2 Å². The molecule has 7 heteroatoms. The molecule has 0 amide bonds. The molecule has 2 heterocycles. The number of nitrogens with two attached hydrogens (primary N) is 1. The average Bonchev–Trinajstić information content (AvgIpc) is 2.89. The second-order valence-electron chi connectivity index (χ2n) is 10.0. The molecule has 2 aliphatic heterocycles. The number of nitrogens with one attached hydrogen (secondary N) is 1. The number of piperidine rings is 1. The first-order chi connectivity index (χ1) is 12.8. The van der Waals surface area contributed by atoms with Crippen LogP contribution in [0.1, 0.15) is 46.2 Å². The highest BCUT2D eigenvalue weighted by atomic mass is 28.4. The Balaban J connectivity index is 1.96. The van der Waals surface area contributed by atoms with Crippen molar-refractivity contribution in [2.24, 2.45) is 0 Å². The molecule has 1 aromatic rings. The third kappa shape index (κ3) is 4.15. The maximum Gasteiger partial charge on any atom is 0.192 e. The van der Waals surface area contributed by atoms with E-state index in [1.54, 1.807) is 0 Å². The van der Waals surface area contributed by atoms with E-state index in [9.17, 15) is 5.11 Å². The minimum Gasteiger partial charge on any atom is -0.409 e. The fraction of sp³-hybridized carbons (Fsp3) is 0.714. The van der Waals surface area contributed by atoms with Gasteiger partial charge in [-0.05, 0) is 49.7 Å². The van der Waals surface area contributed by atoms with Crippen LogP contribution in [-0.2, 0) is 13.9 Å². The molecule has 0 saturated carbocycles. The summed E-state index contributed by atoms with van der Waals surface area (Å²) in [6, 6.07) is 7.41. The lowest BCUT2D eigenvalue weighted by molar-refractivity contribution is -0.153. The Bertz CT molecular complexity index is 704. The third-order valence-electron chi connectivity index (χ3n) is 6.31. The maximum atomic E-state index is 10.2. The van der Waals surface area contributed by atoms with Crippen LogP contribution < -0.4 is 11.1 Å². The number of aliphatic hydroxyl groups excluding tert-OH is 1. The minimum atomic E-state index is -2.07. The quantitative estimate of drug-likeness (QED) is 0.524. The number of nitrogen functional groups attached to an aromatic ring is 1. The van der Waals surface area contributed by atoms with Gasteiger partial charge in [-0.3, -0.25) is 0 Å². The maximum absolute atomic E-state index is 10.2.